The van der Waals surface area contributed by atoms with Crippen molar-refractivity contribution < 1.29 is 9.84 Å². The number of benzene rings is 2. The Morgan fingerprint density at radius 3 is 2.90 bits per heavy atom. The summed E-state index contributed by atoms with van der Waals surface area (Å²) in [5, 5.41) is 18.1. The van der Waals surface area contributed by atoms with Crippen molar-refractivity contribution in [3.8, 4) is 0 Å². The molecule has 0 aliphatic carbocycles. The van der Waals surface area contributed by atoms with Gasteiger partial charge >= 0.3 is 0 Å². The number of rotatable bonds is 4. The predicted molar refractivity (Wildman–Crippen MR) is 121 cm³/mol. The van der Waals surface area contributed by atoms with E-state index in [1.165, 1.54) is 10.5 Å². The molecule has 0 saturated carbocycles. The van der Waals surface area contributed by atoms with E-state index in [-0.39, 0.29) is 11.8 Å². The molecule has 0 spiro atoms. The van der Waals surface area contributed by atoms with Crippen LogP contribution in [0.2, 0.25) is 5.02 Å². The lowest BCUT2D eigenvalue weighted by Crippen LogP contribution is -2.66. The van der Waals surface area contributed by atoms with Gasteiger partial charge in [0.1, 0.15) is 0 Å². The first-order valence-electron chi connectivity index (χ1n) is 10.1. The second kappa shape index (κ2) is 7.75. The van der Waals surface area contributed by atoms with E-state index in [4.69, 9.17) is 22.1 Å². The molecule has 2 aromatic rings. The van der Waals surface area contributed by atoms with Crippen LogP contribution >= 0.6 is 23.5 Å². The maximum atomic E-state index is 10.7. The first-order valence-corrected chi connectivity index (χ1v) is 11.3. The summed E-state index contributed by atoms with van der Waals surface area (Å²) >= 11 is 8.07. The number of fused-ring (bicyclic) bond motifs is 2. The number of halogens is 1. The first kappa shape index (κ1) is 20.2. The topological polar surface area (TPSA) is 91.6 Å². The van der Waals surface area contributed by atoms with Crippen LogP contribution in [0.1, 0.15) is 11.1 Å². The third-order valence-electron chi connectivity index (χ3n) is 6.16. The fraction of sp³-hybridized carbons (Fsp3) is 0.364. The van der Waals surface area contributed by atoms with Crippen LogP contribution in [-0.4, -0.2) is 36.9 Å². The SMILES string of the molecule is NC1(CNC2(C3CNSc4ccccc4C3)C=C(O)Nc3ccc(Cl)cc32)COC1. The molecule has 8 heteroatoms. The minimum Gasteiger partial charge on any atom is -0.495 e. The summed E-state index contributed by atoms with van der Waals surface area (Å²) in [4.78, 5) is 1.23. The van der Waals surface area contributed by atoms with E-state index in [2.05, 4.69) is 39.6 Å². The summed E-state index contributed by atoms with van der Waals surface area (Å²) in [5.74, 6) is 0.234. The van der Waals surface area contributed by atoms with Crippen LogP contribution < -0.4 is 21.1 Å². The molecule has 2 unspecified atom stereocenters. The van der Waals surface area contributed by atoms with E-state index >= 15 is 0 Å². The van der Waals surface area contributed by atoms with Crippen LogP contribution in [0.15, 0.2) is 59.3 Å². The summed E-state index contributed by atoms with van der Waals surface area (Å²) in [6, 6.07) is 14.2. The van der Waals surface area contributed by atoms with Gasteiger partial charge in [0.2, 0.25) is 0 Å². The Morgan fingerprint density at radius 2 is 2.10 bits per heavy atom. The van der Waals surface area contributed by atoms with Crippen LogP contribution in [0.5, 0.6) is 0 Å². The number of aliphatic hydroxyl groups excluding tert-OH is 1. The van der Waals surface area contributed by atoms with Crippen LogP contribution in [0, 0.1) is 5.92 Å². The maximum Gasteiger partial charge on any atom is 0.186 e. The molecule has 0 bridgehead atoms. The molecule has 30 heavy (non-hydrogen) atoms. The van der Waals surface area contributed by atoms with Gasteiger partial charge in [0, 0.05) is 46.3 Å². The Balaban J connectivity index is 1.60. The number of hydrogen-bond acceptors (Lipinski definition) is 7. The molecule has 158 valence electrons. The molecular weight excluding hydrogens is 420 g/mol. The largest absolute Gasteiger partial charge is 0.495 e. The van der Waals surface area contributed by atoms with Crippen molar-refractivity contribution in [2.75, 3.05) is 31.6 Å². The summed E-state index contributed by atoms with van der Waals surface area (Å²) in [7, 11) is 0. The fourth-order valence-electron chi connectivity index (χ4n) is 4.50. The van der Waals surface area contributed by atoms with Gasteiger partial charge in [-0.1, -0.05) is 29.8 Å². The lowest BCUT2D eigenvalue weighted by molar-refractivity contribution is -0.0556. The van der Waals surface area contributed by atoms with Crippen LogP contribution in [0.3, 0.4) is 0 Å². The fourth-order valence-corrected chi connectivity index (χ4v) is 5.54. The molecule has 2 aromatic carbocycles. The van der Waals surface area contributed by atoms with Crippen molar-refractivity contribution >= 4 is 29.2 Å². The molecule has 6 nitrogen and oxygen atoms in total. The first-order chi connectivity index (χ1) is 14.5. The van der Waals surface area contributed by atoms with Gasteiger partial charge in [-0.3, -0.25) is 4.72 Å². The van der Waals surface area contributed by atoms with E-state index in [0.717, 1.165) is 24.2 Å². The van der Waals surface area contributed by atoms with E-state index in [1.54, 1.807) is 11.9 Å². The summed E-state index contributed by atoms with van der Waals surface area (Å²) in [5.41, 5.74) is 8.53. The third kappa shape index (κ3) is 3.60. The number of ether oxygens (including phenoxy) is 1. The Bertz CT molecular complexity index is 997. The smallest absolute Gasteiger partial charge is 0.186 e. The molecule has 3 heterocycles. The zero-order valence-electron chi connectivity index (χ0n) is 16.5. The highest BCUT2D eigenvalue weighted by Crippen LogP contribution is 2.44. The predicted octanol–water partition coefficient (Wildman–Crippen LogP) is 3.15. The average Bonchev–Trinajstić information content (AvgIpc) is 2.94. The van der Waals surface area contributed by atoms with Crippen LogP contribution in [0.4, 0.5) is 5.69 Å². The van der Waals surface area contributed by atoms with E-state index in [9.17, 15) is 5.11 Å². The second-order valence-electron chi connectivity index (χ2n) is 8.38. The number of hydrogen-bond donors (Lipinski definition) is 5. The van der Waals surface area contributed by atoms with Crippen molar-refractivity contribution in [3.63, 3.8) is 0 Å². The van der Waals surface area contributed by atoms with Gasteiger partial charge in [0.15, 0.2) is 5.88 Å². The van der Waals surface area contributed by atoms with Gasteiger partial charge in [-0.25, -0.2) is 0 Å². The van der Waals surface area contributed by atoms with Crippen molar-refractivity contribution in [2.24, 2.45) is 11.7 Å². The van der Waals surface area contributed by atoms with E-state index in [1.807, 2.05) is 24.3 Å². The molecule has 1 fully saturated rings. The van der Waals surface area contributed by atoms with Gasteiger partial charge in [-0.05, 0) is 48.2 Å². The number of aliphatic hydroxyl groups is 1. The Labute approximate surface area is 185 Å². The standard InChI is InChI=1S/C22H25ClN4O2S/c23-16-5-6-18-17(8-16)22(9-20(28)27-18,25-11-21(24)12-29-13-21)15-7-14-3-1-2-4-19(14)30-26-10-15/h1-6,8-9,15,25-28H,7,10-13,24H2. The molecule has 5 rings (SSSR count). The average molecular weight is 445 g/mol. The minimum absolute atomic E-state index is 0.111. The van der Waals surface area contributed by atoms with Gasteiger partial charge in [-0.15, -0.1) is 0 Å². The van der Waals surface area contributed by atoms with Gasteiger partial charge in [0.25, 0.3) is 0 Å². The maximum absolute atomic E-state index is 10.7. The van der Waals surface area contributed by atoms with Crippen molar-refractivity contribution in [3.05, 3.63) is 70.6 Å². The second-order valence-corrected chi connectivity index (χ2v) is 9.75. The highest BCUT2D eigenvalue weighted by molar-refractivity contribution is 7.97. The molecular formula is C22H25ClN4O2S. The van der Waals surface area contributed by atoms with Crippen molar-refractivity contribution in [1.82, 2.24) is 10.0 Å². The zero-order chi connectivity index (χ0) is 20.8. The van der Waals surface area contributed by atoms with Crippen LogP contribution in [-0.2, 0) is 16.7 Å². The monoisotopic (exact) mass is 444 g/mol. The van der Waals surface area contributed by atoms with Crippen molar-refractivity contribution in [1.29, 1.82) is 0 Å². The Morgan fingerprint density at radius 1 is 1.27 bits per heavy atom. The quantitative estimate of drug-likeness (QED) is 0.463. The molecule has 1 saturated heterocycles. The molecule has 2 atom stereocenters. The minimum atomic E-state index is -0.650. The number of anilines is 1. The zero-order valence-corrected chi connectivity index (χ0v) is 18.0. The summed E-state index contributed by atoms with van der Waals surface area (Å²) in [6.45, 7) is 2.35. The number of nitrogens with two attached hydrogens (primary N) is 1. The third-order valence-corrected chi connectivity index (χ3v) is 7.33. The number of nitrogens with one attached hydrogen (secondary N) is 3. The Hall–Kier alpha value is -1.74. The highest BCUT2D eigenvalue weighted by Gasteiger charge is 2.46. The molecule has 3 aliphatic heterocycles. The molecule has 0 aromatic heterocycles. The molecule has 0 amide bonds. The van der Waals surface area contributed by atoms with Gasteiger partial charge in [-0.2, -0.15) is 0 Å². The molecule has 6 N–H and O–H groups in total. The normalized spacial score (nSPS) is 27.0. The molecule has 3 aliphatic rings. The van der Waals surface area contributed by atoms with Crippen LogP contribution in [0.25, 0.3) is 0 Å². The lowest BCUT2D eigenvalue weighted by Gasteiger charge is -2.47. The molecule has 0 radical (unpaired) electrons. The van der Waals surface area contributed by atoms with Crippen molar-refractivity contribution in [2.45, 2.75) is 22.4 Å². The van der Waals surface area contributed by atoms with E-state index < -0.39 is 11.1 Å². The highest BCUT2D eigenvalue weighted by atomic mass is 35.5. The van der Waals surface area contributed by atoms with Gasteiger partial charge < -0.3 is 26.2 Å². The Kier molecular flexibility index (Phi) is 5.21. The lowest BCUT2D eigenvalue weighted by atomic mass is 9.72. The van der Waals surface area contributed by atoms with E-state index in [0.29, 0.717) is 24.8 Å². The van der Waals surface area contributed by atoms with Gasteiger partial charge in [0.05, 0.1) is 24.3 Å². The summed E-state index contributed by atoms with van der Waals surface area (Å²) < 4.78 is 8.87. The summed E-state index contributed by atoms with van der Waals surface area (Å²) in [6.07, 6.45) is 2.71.